The van der Waals surface area contributed by atoms with Crippen LogP contribution in [0.5, 0.6) is 0 Å². The number of pyridine rings is 1. The number of nitrogens with zero attached hydrogens (tertiary/aromatic N) is 4. The van der Waals surface area contributed by atoms with Crippen molar-refractivity contribution in [2.24, 2.45) is 0 Å². The Labute approximate surface area is 213 Å². The largest absolute Gasteiger partial charge is 0.378 e. The lowest BCUT2D eigenvalue weighted by atomic mass is 9.96. The molecule has 1 aliphatic heterocycles. The van der Waals surface area contributed by atoms with Crippen LogP contribution in [0, 0.1) is 13.8 Å². The molecular weight excluding hydrogens is 450 g/mol. The van der Waals surface area contributed by atoms with Gasteiger partial charge in [0.05, 0.1) is 17.8 Å². The molecule has 2 atom stereocenters. The molecule has 1 fully saturated rings. The maximum atomic E-state index is 5.88. The van der Waals surface area contributed by atoms with Crippen molar-refractivity contribution in [2.45, 2.75) is 32.5 Å². The Balaban J connectivity index is 1.59. The minimum absolute atomic E-state index is 0.0265. The van der Waals surface area contributed by atoms with Crippen molar-refractivity contribution in [3.05, 3.63) is 113 Å². The fourth-order valence-electron chi connectivity index (χ4n) is 5.08. The second kappa shape index (κ2) is 9.55. The van der Waals surface area contributed by atoms with Gasteiger partial charge in [-0.15, -0.1) is 0 Å². The highest BCUT2D eigenvalue weighted by molar-refractivity contribution is 7.80. The van der Waals surface area contributed by atoms with Gasteiger partial charge >= 0.3 is 0 Å². The van der Waals surface area contributed by atoms with Crippen LogP contribution in [-0.4, -0.2) is 33.7 Å². The highest BCUT2D eigenvalue weighted by Gasteiger charge is 2.41. The first-order valence-electron chi connectivity index (χ1n) is 11.9. The number of aryl methyl sites for hydroxylation is 1. The van der Waals surface area contributed by atoms with Crippen LogP contribution in [0.3, 0.4) is 0 Å². The highest BCUT2D eigenvalue weighted by atomic mass is 32.1. The Morgan fingerprint density at radius 1 is 0.943 bits per heavy atom. The van der Waals surface area contributed by atoms with Crippen LogP contribution in [-0.2, 0) is 6.54 Å². The minimum atomic E-state index is -0.0301. The SMILES string of the molecule is Cc1cc([C@@H]2[C@@H](c3ccccn3)NC(=S)N2Cc2ccccc2)c(C)n1-c1ccc(N(C)C)cc1. The predicted molar refractivity (Wildman–Crippen MR) is 147 cm³/mol. The molecule has 0 saturated carbocycles. The number of benzene rings is 2. The van der Waals surface area contributed by atoms with E-state index in [2.05, 4.69) is 108 Å². The second-order valence-corrected chi connectivity index (χ2v) is 9.70. The lowest BCUT2D eigenvalue weighted by Crippen LogP contribution is -2.29. The van der Waals surface area contributed by atoms with Gasteiger partial charge in [0, 0.05) is 49.6 Å². The Kier molecular flexibility index (Phi) is 6.31. The standard InChI is InChI=1S/C29H31N5S/c1-20-18-25(21(2)34(20)24-15-13-23(14-16-24)32(3)4)28-27(26-12-8-9-17-30-26)31-29(35)33(28)19-22-10-6-5-7-11-22/h5-18,27-28H,19H2,1-4H3,(H,31,35)/t27-,28-/m1/s1. The summed E-state index contributed by atoms with van der Waals surface area (Å²) in [6.07, 6.45) is 1.85. The zero-order valence-corrected chi connectivity index (χ0v) is 21.5. The molecule has 35 heavy (non-hydrogen) atoms. The third-order valence-corrected chi connectivity index (χ3v) is 7.16. The van der Waals surface area contributed by atoms with Crippen molar-refractivity contribution < 1.29 is 0 Å². The Hall–Kier alpha value is -3.64. The minimum Gasteiger partial charge on any atom is -0.378 e. The smallest absolute Gasteiger partial charge is 0.170 e. The van der Waals surface area contributed by atoms with Crippen LogP contribution in [0.15, 0.2) is 85.1 Å². The molecule has 178 valence electrons. The summed E-state index contributed by atoms with van der Waals surface area (Å²) >= 11 is 5.88. The summed E-state index contributed by atoms with van der Waals surface area (Å²) < 4.78 is 2.34. The summed E-state index contributed by atoms with van der Waals surface area (Å²) in [5.41, 5.74) is 8.26. The fourth-order valence-corrected chi connectivity index (χ4v) is 5.38. The molecule has 0 radical (unpaired) electrons. The third-order valence-electron chi connectivity index (χ3n) is 6.81. The Morgan fingerprint density at radius 3 is 2.31 bits per heavy atom. The first-order valence-corrected chi connectivity index (χ1v) is 12.3. The predicted octanol–water partition coefficient (Wildman–Crippen LogP) is 5.73. The molecule has 0 amide bonds. The van der Waals surface area contributed by atoms with Crippen LogP contribution in [0.25, 0.3) is 5.69 Å². The van der Waals surface area contributed by atoms with E-state index in [1.54, 1.807) is 0 Å². The molecule has 0 bridgehead atoms. The van der Waals surface area contributed by atoms with Gasteiger partial charge in [0.2, 0.25) is 0 Å². The van der Waals surface area contributed by atoms with Crippen LogP contribution in [0.2, 0.25) is 0 Å². The topological polar surface area (TPSA) is 36.3 Å². The average molecular weight is 482 g/mol. The molecular formula is C29H31N5S. The number of aromatic nitrogens is 2. The summed E-state index contributed by atoms with van der Waals surface area (Å²) in [4.78, 5) is 9.13. The van der Waals surface area contributed by atoms with E-state index in [1.807, 2.05) is 24.4 Å². The van der Waals surface area contributed by atoms with Crippen molar-refractivity contribution in [2.75, 3.05) is 19.0 Å². The van der Waals surface area contributed by atoms with Crippen molar-refractivity contribution >= 4 is 23.0 Å². The number of nitrogens with one attached hydrogen (secondary N) is 1. The Bertz CT molecular complexity index is 1310. The van der Waals surface area contributed by atoms with Crippen molar-refractivity contribution in [1.29, 1.82) is 0 Å². The molecule has 1 saturated heterocycles. The fraction of sp³-hybridized carbons (Fsp3) is 0.241. The number of thiocarbonyl (C=S) groups is 1. The molecule has 0 spiro atoms. The van der Waals surface area contributed by atoms with E-state index in [1.165, 1.54) is 28.2 Å². The summed E-state index contributed by atoms with van der Waals surface area (Å²) in [5.74, 6) is 0. The quantitative estimate of drug-likeness (QED) is 0.356. The van der Waals surface area contributed by atoms with Crippen LogP contribution >= 0.6 is 12.2 Å². The van der Waals surface area contributed by atoms with Gasteiger partial charge in [-0.25, -0.2) is 0 Å². The second-order valence-electron chi connectivity index (χ2n) is 9.31. The first kappa shape index (κ1) is 23.1. The monoisotopic (exact) mass is 481 g/mol. The van der Waals surface area contributed by atoms with E-state index in [4.69, 9.17) is 17.2 Å². The lowest BCUT2D eigenvalue weighted by Gasteiger charge is -2.28. The molecule has 5 nitrogen and oxygen atoms in total. The van der Waals surface area contributed by atoms with Crippen LogP contribution < -0.4 is 10.2 Å². The third kappa shape index (κ3) is 4.42. The average Bonchev–Trinajstić information content (AvgIpc) is 3.35. The summed E-state index contributed by atoms with van der Waals surface area (Å²) in [6.45, 7) is 5.12. The first-order chi connectivity index (χ1) is 16.9. The maximum absolute atomic E-state index is 5.88. The molecule has 5 rings (SSSR count). The normalized spacial score (nSPS) is 17.5. The Morgan fingerprint density at radius 2 is 1.66 bits per heavy atom. The van der Waals surface area contributed by atoms with Gasteiger partial charge < -0.3 is 19.7 Å². The van der Waals surface area contributed by atoms with Gasteiger partial charge in [-0.3, -0.25) is 4.98 Å². The summed E-state index contributed by atoms with van der Waals surface area (Å²) in [5, 5.41) is 4.34. The number of anilines is 1. The van der Waals surface area contributed by atoms with E-state index < -0.39 is 0 Å². The van der Waals surface area contributed by atoms with Gasteiger partial charge in [-0.1, -0.05) is 36.4 Å². The lowest BCUT2D eigenvalue weighted by molar-refractivity contribution is 0.310. The zero-order chi connectivity index (χ0) is 24.5. The number of rotatable bonds is 6. The summed E-state index contributed by atoms with van der Waals surface area (Å²) in [7, 11) is 4.13. The molecule has 0 aliphatic carbocycles. The summed E-state index contributed by atoms with van der Waals surface area (Å²) in [6, 6.07) is 27.6. The molecule has 1 aliphatic rings. The van der Waals surface area contributed by atoms with E-state index in [-0.39, 0.29) is 12.1 Å². The zero-order valence-electron chi connectivity index (χ0n) is 20.6. The van der Waals surface area contributed by atoms with E-state index in [9.17, 15) is 0 Å². The van der Waals surface area contributed by atoms with E-state index >= 15 is 0 Å². The van der Waals surface area contributed by atoms with Gasteiger partial charge in [0.25, 0.3) is 0 Å². The molecule has 6 heteroatoms. The van der Waals surface area contributed by atoms with Crippen molar-refractivity contribution in [3.8, 4) is 5.69 Å². The molecule has 3 heterocycles. The molecule has 0 unspecified atom stereocenters. The van der Waals surface area contributed by atoms with Gasteiger partial charge in [0.1, 0.15) is 0 Å². The van der Waals surface area contributed by atoms with Gasteiger partial charge in [-0.05, 0) is 79.7 Å². The molecule has 1 N–H and O–H groups in total. The van der Waals surface area contributed by atoms with Crippen molar-refractivity contribution in [3.63, 3.8) is 0 Å². The molecule has 2 aromatic carbocycles. The highest BCUT2D eigenvalue weighted by Crippen LogP contribution is 2.42. The molecule has 2 aromatic heterocycles. The van der Waals surface area contributed by atoms with Gasteiger partial charge in [0.15, 0.2) is 5.11 Å². The van der Waals surface area contributed by atoms with E-state index in [0.29, 0.717) is 0 Å². The van der Waals surface area contributed by atoms with Crippen molar-refractivity contribution in [1.82, 2.24) is 19.8 Å². The number of hydrogen-bond acceptors (Lipinski definition) is 3. The maximum Gasteiger partial charge on any atom is 0.170 e. The molecule has 4 aromatic rings. The van der Waals surface area contributed by atoms with E-state index in [0.717, 1.165) is 23.0 Å². The van der Waals surface area contributed by atoms with Gasteiger partial charge in [-0.2, -0.15) is 0 Å². The number of hydrogen-bond donors (Lipinski definition) is 1. The van der Waals surface area contributed by atoms with Crippen LogP contribution in [0.4, 0.5) is 5.69 Å². The van der Waals surface area contributed by atoms with Crippen LogP contribution in [0.1, 0.15) is 40.3 Å².